The van der Waals surface area contributed by atoms with Crippen molar-refractivity contribution in [2.75, 3.05) is 5.32 Å². The molecule has 37 heavy (non-hydrogen) atoms. The van der Waals surface area contributed by atoms with E-state index in [2.05, 4.69) is 43.2 Å². The number of benzene rings is 3. The molecule has 186 valence electrons. The first-order chi connectivity index (χ1) is 17.7. The van der Waals surface area contributed by atoms with E-state index < -0.39 is 0 Å². The Balaban J connectivity index is 1.27. The molecule has 2 heterocycles. The second-order valence-electron chi connectivity index (χ2n) is 9.68. The zero-order valence-corrected chi connectivity index (χ0v) is 22.0. The molecule has 5 rings (SSSR count). The first-order valence-corrected chi connectivity index (χ1v) is 12.5. The highest BCUT2D eigenvalue weighted by Crippen LogP contribution is 2.32. The topological polar surface area (TPSA) is 68.3 Å². The Hall–Kier alpha value is -3.80. The minimum Gasteiger partial charge on any atom is -0.457 e. The van der Waals surface area contributed by atoms with Gasteiger partial charge in [0.1, 0.15) is 17.0 Å². The number of amides is 1. The first-order valence-electron chi connectivity index (χ1n) is 11.7. The number of hydrogen-bond acceptors (Lipinski definition) is 4. The summed E-state index contributed by atoms with van der Waals surface area (Å²) in [6.45, 7) is 6.53. The van der Waals surface area contributed by atoms with Gasteiger partial charge in [0.25, 0.3) is 0 Å². The highest BCUT2D eigenvalue weighted by atomic mass is 35.5. The van der Waals surface area contributed by atoms with Crippen LogP contribution < -0.4 is 5.32 Å². The van der Waals surface area contributed by atoms with Crippen LogP contribution in [0.4, 0.5) is 5.69 Å². The molecule has 5 nitrogen and oxygen atoms in total. The lowest BCUT2D eigenvalue weighted by atomic mass is 9.87. The van der Waals surface area contributed by atoms with E-state index >= 15 is 0 Å². The lowest BCUT2D eigenvalue weighted by Gasteiger charge is -2.18. The van der Waals surface area contributed by atoms with Crippen molar-refractivity contribution in [3.63, 3.8) is 0 Å². The quantitative estimate of drug-likeness (QED) is 0.230. The Labute approximate surface area is 224 Å². The number of anilines is 1. The van der Waals surface area contributed by atoms with Crippen LogP contribution in [0.15, 0.2) is 87.7 Å². The fraction of sp³-hybridized carbons (Fsp3) is 0.133. The van der Waals surface area contributed by atoms with Crippen molar-refractivity contribution in [1.29, 1.82) is 0 Å². The van der Waals surface area contributed by atoms with Crippen LogP contribution in [-0.2, 0) is 10.2 Å². The number of nitrogens with one attached hydrogen (secondary N) is 1. The highest BCUT2D eigenvalue weighted by Gasteiger charge is 2.15. The number of halogens is 2. The highest BCUT2D eigenvalue weighted by molar-refractivity contribution is 6.36. The van der Waals surface area contributed by atoms with Gasteiger partial charge in [-0.15, -0.1) is 0 Å². The van der Waals surface area contributed by atoms with Crippen molar-refractivity contribution in [2.45, 2.75) is 26.2 Å². The molecule has 5 aromatic rings. The van der Waals surface area contributed by atoms with Gasteiger partial charge in [-0.2, -0.15) is 0 Å². The summed E-state index contributed by atoms with van der Waals surface area (Å²) < 4.78 is 11.7. The van der Waals surface area contributed by atoms with Gasteiger partial charge in [-0.05, 0) is 77.7 Å². The van der Waals surface area contributed by atoms with Crippen LogP contribution in [0.5, 0.6) is 0 Å². The SMILES string of the molecule is CC(C)(C)c1ccc(-c2nc3cc(NC(=O)C=Cc4ccc(-c5ccc(Cl)cc5Cl)o4)ccc3o2)cc1. The molecule has 1 N–H and O–H groups in total. The Morgan fingerprint density at radius 1 is 0.919 bits per heavy atom. The molecule has 1 amide bonds. The average molecular weight is 531 g/mol. The monoisotopic (exact) mass is 530 g/mol. The van der Waals surface area contributed by atoms with Crippen molar-refractivity contribution in [3.8, 4) is 22.8 Å². The number of rotatable bonds is 5. The van der Waals surface area contributed by atoms with E-state index in [1.807, 2.05) is 12.1 Å². The van der Waals surface area contributed by atoms with E-state index in [0.717, 1.165) is 11.1 Å². The number of oxazole rings is 1. The van der Waals surface area contributed by atoms with Crippen molar-refractivity contribution in [2.24, 2.45) is 0 Å². The third-order valence-corrected chi connectivity index (χ3v) is 6.42. The molecule has 0 saturated carbocycles. The predicted molar refractivity (Wildman–Crippen MR) is 150 cm³/mol. The van der Waals surface area contributed by atoms with Gasteiger partial charge in [0.05, 0.1) is 5.02 Å². The Morgan fingerprint density at radius 3 is 2.43 bits per heavy atom. The number of nitrogens with zero attached hydrogens (tertiary/aromatic N) is 1. The molecule has 0 aliphatic heterocycles. The number of aromatic nitrogens is 1. The number of fused-ring (bicyclic) bond motifs is 1. The summed E-state index contributed by atoms with van der Waals surface area (Å²) in [5.74, 6) is 1.34. The second-order valence-corrected chi connectivity index (χ2v) is 10.5. The smallest absolute Gasteiger partial charge is 0.248 e. The van der Waals surface area contributed by atoms with E-state index in [0.29, 0.717) is 44.2 Å². The van der Waals surface area contributed by atoms with Crippen LogP contribution in [0, 0.1) is 0 Å². The predicted octanol–water partition coefficient (Wildman–Crippen LogP) is 9.01. The van der Waals surface area contributed by atoms with Crippen LogP contribution in [-0.4, -0.2) is 10.9 Å². The molecular formula is C30H24Cl2N2O3. The third kappa shape index (κ3) is 5.63. The Bertz CT molecular complexity index is 1620. The molecule has 0 unspecified atom stereocenters. The van der Waals surface area contributed by atoms with Crippen molar-refractivity contribution < 1.29 is 13.6 Å². The molecule has 0 aliphatic rings. The fourth-order valence-corrected chi connectivity index (χ4v) is 4.36. The Kier molecular flexibility index (Phi) is 6.67. The molecule has 7 heteroatoms. The van der Waals surface area contributed by atoms with Gasteiger partial charge >= 0.3 is 0 Å². The maximum atomic E-state index is 12.5. The van der Waals surface area contributed by atoms with Crippen molar-refractivity contribution in [1.82, 2.24) is 4.98 Å². The van der Waals surface area contributed by atoms with Crippen molar-refractivity contribution >= 4 is 52.0 Å². The van der Waals surface area contributed by atoms with Crippen molar-refractivity contribution in [3.05, 3.63) is 100 Å². The summed E-state index contributed by atoms with van der Waals surface area (Å²) >= 11 is 12.2. The number of furan rings is 1. The summed E-state index contributed by atoms with van der Waals surface area (Å²) in [5, 5.41) is 3.88. The maximum Gasteiger partial charge on any atom is 0.248 e. The van der Waals surface area contributed by atoms with E-state index in [9.17, 15) is 4.79 Å². The second kappa shape index (κ2) is 9.92. The van der Waals surface area contributed by atoms with Gasteiger partial charge < -0.3 is 14.2 Å². The van der Waals surface area contributed by atoms with Crippen LogP contribution in [0.2, 0.25) is 10.0 Å². The first kappa shape index (κ1) is 24.9. The van der Waals surface area contributed by atoms with Crippen LogP contribution >= 0.6 is 23.2 Å². The molecule has 0 saturated heterocycles. The van der Waals surface area contributed by atoms with E-state index in [1.165, 1.54) is 11.6 Å². The molecule has 0 radical (unpaired) electrons. The largest absolute Gasteiger partial charge is 0.457 e. The molecule has 0 spiro atoms. The Morgan fingerprint density at radius 2 is 1.70 bits per heavy atom. The average Bonchev–Trinajstić information content (AvgIpc) is 3.49. The van der Waals surface area contributed by atoms with Gasteiger partial charge in [-0.1, -0.05) is 56.1 Å². The fourth-order valence-electron chi connectivity index (χ4n) is 3.86. The number of carbonyl (C=O) groups is 1. The minimum atomic E-state index is -0.302. The standard InChI is InChI=1S/C30H24Cl2N2O3/c1-30(2,3)19-6-4-18(5-7-19)29-34-25-17-21(9-13-27(25)37-29)33-28(35)15-11-22-10-14-26(36-22)23-12-8-20(31)16-24(23)32/h4-17H,1-3H3,(H,33,35). The number of hydrogen-bond donors (Lipinski definition) is 1. The zero-order valence-electron chi connectivity index (χ0n) is 20.5. The molecular weight excluding hydrogens is 507 g/mol. The third-order valence-electron chi connectivity index (χ3n) is 5.88. The molecule has 2 aromatic heterocycles. The van der Waals surface area contributed by atoms with Gasteiger partial charge in [0, 0.05) is 27.9 Å². The van der Waals surface area contributed by atoms with E-state index in [1.54, 1.807) is 54.6 Å². The van der Waals surface area contributed by atoms with Gasteiger partial charge in [0.2, 0.25) is 11.8 Å². The molecule has 3 aromatic carbocycles. The normalized spacial score (nSPS) is 11.9. The lowest BCUT2D eigenvalue weighted by Crippen LogP contribution is -2.10. The summed E-state index contributed by atoms with van der Waals surface area (Å²) in [7, 11) is 0. The lowest BCUT2D eigenvalue weighted by molar-refractivity contribution is -0.111. The molecule has 0 atom stereocenters. The molecule has 0 fully saturated rings. The maximum absolute atomic E-state index is 12.5. The van der Waals surface area contributed by atoms with Crippen LogP contribution in [0.1, 0.15) is 32.1 Å². The van der Waals surface area contributed by atoms with Crippen LogP contribution in [0.3, 0.4) is 0 Å². The summed E-state index contributed by atoms with van der Waals surface area (Å²) in [6.07, 6.45) is 3.00. The summed E-state index contributed by atoms with van der Waals surface area (Å²) in [6, 6.07) is 22.3. The van der Waals surface area contributed by atoms with Gasteiger partial charge in [0.15, 0.2) is 5.58 Å². The summed E-state index contributed by atoms with van der Waals surface area (Å²) in [5.41, 5.74) is 4.85. The summed E-state index contributed by atoms with van der Waals surface area (Å²) in [4.78, 5) is 17.1. The van der Waals surface area contributed by atoms with E-state index in [-0.39, 0.29) is 11.3 Å². The van der Waals surface area contributed by atoms with Crippen LogP contribution in [0.25, 0.3) is 40.0 Å². The van der Waals surface area contributed by atoms with E-state index in [4.69, 9.17) is 32.0 Å². The number of carbonyl (C=O) groups excluding carboxylic acids is 1. The van der Waals surface area contributed by atoms with Gasteiger partial charge in [-0.3, -0.25) is 4.79 Å². The van der Waals surface area contributed by atoms with Gasteiger partial charge in [-0.25, -0.2) is 4.98 Å². The molecule has 0 aliphatic carbocycles. The zero-order chi connectivity index (χ0) is 26.2. The minimum absolute atomic E-state index is 0.0744. The molecule has 0 bridgehead atoms.